The third-order valence-corrected chi connectivity index (χ3v) is 3.19. The summed E-state index contributed by atoms with van der Waals surface area (Å²) in [5, 5.41) is 3.08. The summed E-state index contributed by atoms with van der Waals surface area (Å²) in [6.45, 7) is 2.84. The number of hydrogen-bond acceptors (Lipinski definition) is 3. The third kappa shape index (κ3) is 9.26. The normalized spacial score (nSPS) is 12.8. The van der Waals surface area contributed by atoms with E-state index in [9.17, 15) is 4.79 Å². The van der Waals surface area contributed by atoms with Crippen LogP contribution >= 0.6 is 24.8 Å². The van der Waals surface area contributed by atoms with Crippen molar-refractivity contribution in [2.45, 2.75) is 38.3 Å². The minimum atomic E-state index is -0.402. The average Bonchev–Trinajstić information content (AvgIpc) is 2.39. The van der Waals surface area contributed by atoms with E-state index < -0.39 is 6.04 Å². The maximum atomic E-state index is 12.1. The van der Waals surface area contributed by atoms with Gasteiger partial charge in [-0.05, 0) is 32.5 Å². The van der Waals surface area contributed by atoms with E-state index in [4.69, 9.17) is 5.73 Å². The van der Waals surface area contributed by atoms with Crippen LogP contribution in [0.5, 0.6) is 0 Å². The first-order chi connectivity index (χ1) is 9.52. The fourth-order valence-electron chi connectivity index (χ4n) is 2.25. The molecule has 0 aliphatic rings. The van der Waals surface area contributed by atoms with Crippen molar-refractivity contribution < 1.29 is 4.79 Å². The molecule has 0 bridgehead atoms. The molecular formula is C16H29Cl2N3O. The molecule has 22 heavy (non-hydrogen) atoms. The average molecular weight is 350 g/mol. The van der Waals surface area contributed by atoms with Gasteiger partial charge in [0.15, 0.2) is 0 Å². The number of hydrogen-bond donors (Lipinski definition) is 2. The zero-order valence-electron chi connectivity index (χ0n) is 13.6. The lowest BCUT2D eigenvalue weighted by Gasteiger charge is -2.24. The molecule has 0 saturated carbocycles. The lowest BCUT2D eigenvalue weighted by atomic mass is 10.0. The summed E-state index contributed by atoms with van der Waals surface area (Å²) >= 11 is 0. The molecular weight excluding hydrogens is 321 g/mol. The zero-order valence-corrected chi connectivity index (χ0v) is 15.3. The smallest absolute Gasteiger partial charge is 0.237 e. The minimum absolute atomic E-state index is 0. The molecule has 4 nitrogen and oxygen atoms in total. The third-order valence-electron chi connectivity index (χ3n) is 3.19. The monoisotopic (exact) mass is 349 g/mol. The molecule has 2 atom stereocenters. The first-order valence-corrected chi connectivity index (χ1v) is 7.27. The molecule has 0 aliphatic carbocycles. The number of nitrogens with one attached hydrogen (secondary N) is 1. The molecule has 0 spiro atoms. The minimum Gasteiger partial charge on any atom is -0.350 e. The molecule has 1 rings (SSSR count). The van der Waals surface area contributed by atoms with E-state index in [1.54, 1.807) is 0 Å². The molecule has 0 radical (unpaired) electrons. The number of rotatable bonds is 8. The van der Waals surface area contributed by atoms with Crippen LogP contribution in [0.1, 0.15) is 25.3 Å². The molecule has 2 unspecified atom stereocenters. The number of carbonyl (C=O) groups is 1. The van der Waals surface area contributed by atoms with E-state index in [2.05, 4.69) is 22.3 Å². The van der Waals surface area contributed by atoms with Crippen LogP contribution in [0.25, 0.3) is 0 Å². The summed E-state index contributed by atoms with van der Waals surface area (Å²) in [5.41, 5.74) is 7.10. The van der Waals surface area contributed by atoms with Gasteiger partial charge in [-0.2, -0.15) is 0 Å². The summed E-state index contributed by atoms with van der Waals surface area (Å²) in [6, 6.07) is 9.89. The highest BCUT2D eigenvalue weighted by molar-refractivity contribution is 5.85. The molecule has 0 saturated heterocycles. The van der Waals surface area contributed by atoms with E-state index in [1.165, 1.54) is 5.56 Å². The Balaban J connectivity index is 0. The molecule has 1 amide bonds. The van der Waals surface area contributed by atoms with Crippen LogP contribution in [0.4, 0.5) is 0 Å². The van der Waals surface area contributed by atoms with Crippen molar-refractivity contribution in [1.82, 2.24) is 10.2 Å². The maximum absolute atomic E-state index is 12.1. The summed E-state index contributed by atoms with van der Waals surface area (Å²) in [4.78, 5) is 14.1. The van der Waals surface area contributed by atoms with Crippen LogP contribution in [0, 0.1) is 0 Å². The molecule has 1 aromatic rings. The quantitative estimate of drug-likeness (QED) is 0.756. The Morgan fingerprint density at radius 2 is 1.82 bits per heavy atom. The standard InChI is InChI=1S/C16H27N3O.2ClH/c1-4-8-15(17)16(20)18-14(12-19(2)3)11-13-9-6-5-7-10-13;;/h5-7,9-10,14-15H,4,8,11-12,17H2,1-3H3,(H,18,20);2*1H. The van der Waals surface area contributed by atoms with E-state index in [1.807, 2.05) is 39.2 Å². The van der Waals surface area contributed by atoms with Gasteiger partial charge in [0, 0.05) is 12.6 Å². The van der Waals surface area contributed by atoms with Gasteiger partial charge >= 0.3 is 0 Å². The van der Waals surface area contributed by atoms with Crippen LogP contribution in [0.2, 0.25) is 0 Å². The molecule has 0 aromatic heterocycles. The highest BCUT2D eigenvalue weighted by Gasteiger charge is 2.18. The van der Waals surface area contributed by atoms with Gasteiger partial charge in [0.2, 0.25) is 5.91 Å². The second-order valence-electron chi connectivity index (χ2n) is 5.55. The lowest BCUT2D eigenvalue weighted by Crippen LogP contribution is -2.49. The molecule has 0 aliphatic heterocycles. The number of halogens is 2. The number of likely N-dealkylation sites (N-methyl/N-ethyl adjacent to an activating group) is 1. The number of nitrogens with two attached hydrogens (primary N) is 1. The van der Waals surface area contributed by atoms with Crippen LogP contribution < -0.4 is 11.1 Å². The summed E-state index contributed by atoms with van der Waals surface area (Å²) in [5.74, 6) is -0.0466. The largest absolute Gasteiger partial charge is 0.350 e. The summed E-state index contributed by atoms with van der Waals surface area (Å²) in [6.07, 6.45) is 2.47. The van der Waals surface area contributed by atoms with Gasteiger partial charge in [0.1, 0.15) is 0 Å². The van der Waals surface area contributed by atoms with Crippen molar-refractivity contribution in [2.75, 3.05) is 20.6 Å². The highest BCUT2D eigenvalue weighted by Crippen LogP contribution is 2.05. The van der Waals surface area contributed by atoms with Crippen LogP contribution in [0.15, 0.2) is 30.3 Å². The molecule has 6 heteroatoms. The Kier molecular flexibility index (Phi) is 13.5. The van der Waals surface area contributed by atoms with E-state index in [0.717, 1.165) is 25.8 Å². The molecule has 128 valence electrons. The Hall–Kier alpha value is -0.810. The first-order valence-electron chi connectivity index (χ1n) is 7.27. The van der Waals surface area contributed by atoms with E-state index >= 15 is 0 Å². The first kappa shape index (κ1) is 23.5. The van der Waals surface area contributed by atoms with Crippen LogP contribution in [-0.2, 0) is 11.2 Å². The number of nitrogens with zero attached hydrogens (tertiary/aromatic N) is 1. The van der Waals surface area contributed by atoms with E-state index in [-0.39, 0.29) is 36.8 Å². The van der Waals surface area contributed by atoms with Gasteiger partial charge < -0.3 is 16.0 Å². The zero-order chi connectivity index (χ0) is 15.0. The Labute approximate surface area is 146 Å². The number of benzene rings is 1. The molecule has 0 fully saturated rings. The fraction of sp³-hybridized carbons (Fsp3) is 0.562. The Morgan fingerprint density at radius 3 is 2.32 bits per heavy atom. The van der Waals surface area contributed by atoms with Crippen molar-refractivity contribution in [1.29, 1.82) is 0 Å². The van der Waals surface area contributed by atoms with Crippen molar-refractivity contribution in [3.05, 3.63) is 35.9 Å². The Morgan fingerprint density at radius 1 is 1.23 bits per heavy atom. The summed E-state index contributed by atoms with van der Waals surface area (Å²) in [7, 11) is 4.02. The highest BCUT2D eigenvalue weighted by atomic mass is 35.5. The van der Waals surface area contributed by atoms with Crippen molar-refractivity contribution in [2.24, 2.45) is 5.73 Å². The van der Waals surface area contributed by atoms with Gasteiger partial charge in [-0.25, -0.2) is 0 Å². The van der Waals surface area contributed by atoms with Crippen LogP contribution in [-0.4, -0.2) is 43.5 Å². The van der Waals surface area contributed by atoms with Crippen LogP contribution in [0.3, 0.4) is 0 Å². The van der Waals surface area contributed by atoms with Crippen molar-refractivity contribution >= 4 is 30.7 Å². The number of amides is 1. The van der Waals surface area contributed by atoms with Crippen molar-refractivity contribution in [3.63, 3.8) is 0 Å². The maximum Gasteiger partial charge on any atom is 0.237 e. The molecule has 3 N–H and O–H groups in total. The van der Waals surface area contributed by atoms with Gasteiger partial charge in [0.25, 0.3) is 0 Å². The van der Waals surface area contributed by atoms with Gasteiger partial charge in [0.05, 0.1) is 6.04 Å². The SMILES string of the molecule is CCCC(N)C(=O)NC(Cc1ccccc1)CN(C)C.Cl.Cl. The predicted molar refractivity (Wildman–Crippen MR) is 98.0 cm³/mol. The molecule has 0 heterocycles. The Bertz CT molecular complexity index is 402. The fourth-order valence-corrected chi connectivity index (χ4v) is 2.25. The topological polar surface area (TPSA) is 58.4 Å². The lowest BCUT2D eigenvalue weighted by molar-refractivity contribution is -0.123. The second-order valence-corrected chi connectivity index (χ2v) is 5.55. The van der Waals surface area contributed by atoms with E-state index in [0.29, 0.717) is 0 Å². The summed E-state index contributed by atoms with van der Waals surface area (Å²) < 4.78 is 0. The van der Waals surface area contributed by atoms with Gasteiger partial charge in [-0.15, -0.1) is 24.8 Å². The molecule has 1 aromatic carbocycles. The van der Waals surface area contributed by atoms with Crippen molar-refractivity contribution in [3.8, 4) is 0 Å². The predicted octanol–water partition coefficient (Wildman–Crippen LogP) is 2.25. The van der Waals surface area contributed by atoms with Gasteiger partial charge in [-0.1, -0.05) is 43.7 Å². The second kappa shape index (κ2) is 12.7. The van der Waals surface area contributed by atoms with Gasteiger partial charge in [-0.3, -0.25) is 4.79 Å². The number of carbonyl (C=O) groups excluding carboxylic acids is 1.